The van der Waals surface area contributed by atoms with Crippen LogP contribution in [0.5, 0.6) is 0 Å². The molecule has 0 aliphatic carbocycles. The summed E-state index contributed by atoms with van der Waals surface area (Å²) in [5.74, 6) is 0. The van der Waals surface area contributed by atoms with Crippen LogP contribution >= 0.6 is 11.3 Å². The summed E-state index contributed by atoms with van der Waals surface area (Å²) in [5.41, 5.74) is 5.61. The van der Waals surface area contributed by atoms with Crippen LogP contribution in [0.1, 0.15) is 23.7 Å². The molecule has 1 aromatic rings. The topological polar surface area (TPSA) is 50.9 Å². The summed E-state index contributed by atoms with van der Waals surface area (Å²) in [5, 5.41) is 4.41. The molecule has 4 heteroatoms. The lowest BCUT2D eigenvalue weighted by Gasteiger charge is -2.04. The van der Waals surface area contributed by atoms with Gasteiger partial charge in [0.2, 0.25) is 0 Å². The van der Waals surface area contributed by atoms with Gasteiger partial charge in [0.1, 0.15) is 5.01 Å². The van der Waals surface area contributed by atoms with Gasteiger partial charge in [0.15, 0.2) is 0 Å². The van der Waals surface area contributed by atoms with E-state index in [4.69, 9.17) is 5.73 Å². The molecule has 0 radical (unpaired) electrons. The number of rotatable bonds is 5. The van der Waals surface area contributed by atoms with Gasteiger partial charge in [0.05, 0.1) is 0 Å². The molecule has 3 N–H and O–H groups in total. The Morgan fingerprint density at radius 2 is 2.46 bits per heavy atom. The second kappa shape index (κ2) is 5.32. The Kier molecular flexibility index (Phi) is 4.35. The molecule has 1 atom stereocenters. The Morgan fingerprint density at radius 3 is 3.00 bits per heavy atom. The Labute approximate surface area is 83.4 Å². The van der Waals surface area contributed by atoms with E-state index in [9.17, 15) is 0 Å². The van der Waals surface area contributed by atoms with Crippen molar-refractivity contribution in [2.24, 2.45) is 5.73 Å². The molecule has 1 heterocycles. The van der Waals surface area contributed by atoms with Gasteiger partial charge in [0.25, 0.3) is 0 Å². The largest absolute Gasteiger partial charge is 0.327 e. The SMILES string of the molecule is CCc1cnc(CNCC(C)N)s1. The molecule has 0 amide bonds. The highest BCUT2D eigenvalue weighted by atomic mass is 32.1. The summed E-state index contributed by atoms with van der Waals surface area (Å²) in [6.07, 6.45) is 3.03. The van der Waals surface area contributed by atoms with Gasteiger partial charge in [-0.05, 0) is 13.3 Å². The summed E-state index contributed by atoms with van der Waals surface area (Å²) in [4.78, 5) is 5.64. The minimum atomic E-state index is 0.214. The smallest absolute Gasteiger partial charge is 0.107 e. The molecule has 0 bridgehead atoms. The normalized spacial score (nSPS) is 13.2. The Hall–Kier alpha value is -0.450. The third kappa shape index (κ3) is 3.85. The van der Waals surface area contributed by atoms with E-state index in [-0.39, 0.29) is 6.04 Å². The summed E-state index contributed by atoms with van der Waals surface area (Å²) in [7, 11) is 0. The first-order valence-corrected chi connectivity index (χ1v) is 5.44. The number of hydrogen-bond donors (Lipinski definition) is 2. The highest BCUT2D eigenvalue weighted by Crippen LogP contribution is 2.12. The van der Waals surface area contributed by atoms with E-state index in [1.165, 1.54) is 4.88 Å². The maximum absolute atomic E-state index is 5.61. The fourth-order valence-electron chi connectivity index (χ4n) is 1.000. The van der Waals surface area contributed by atoms with Crippen LogP contribution in [0.15, 0.2) is 6.20 Å². The second-order valence-electron chi connectivity index (χ2n) is 3.18. The molecule has 0 spiro atoms. The van der Waals surface area contributed by atoms with Crippen molar-refractivity contribution in [2.45, 2.75) is 32.9 Å². The van der Waals surface area contributed by atoms with Crippen LogP contribution in [-0.2, 0) is 13.0 Å². The van der Waals surface area contributed by atoms with Gasteiger partial charge >= 0.3 is 0 Å². The van der Waals surface area contributed by atoms with Gasteiger partial charge in [-0.3, -0.25) is 0 Å². The van der Waals surface area contributed by atoms with E-state index in [0.717, 1.165) is 24.5 Å². The van der Waals surface area contributed by atoms with E-state index in [2.05, 4.69) is 17.2 Å². The van der Waals surface area contributed by atoms with Gasteiger partial charge in [-0.2, -0.15) is 0 Å². The fourth-order valence-corrected chi connectivity index (χ4v) is 1.83. The van der Waals surface area contributed by atoms with E-state index in [0.29, 0.717) is 0 Å². The predicted molar refractivity (Wildman–Crippen MR) is 56.8 cm³/mol. The predicted octanol–water partition coefficient (Wildman–Crippen LogP) is 1.14. The molecule has 13 heavy (non-hydrogen) atoms. The number of nitrogens with zero attached hydrogens (tertiary/aromatic N) is 1. The van der Waals surface area contributed by atoms with Crippen molar-refractivity contribution < 1.29 is 0 Å². The first-order chi connectivity index (χ1) is 6.22. The molecule has 0 fully saturated rings. The van der Waals surface area contributed by atoms with Gasteiger partial charge in [-0.15, -0.1) is 11.3 Å². The van der Waals surface area contributed by atoms with Gasteiger partial charge in [0, 0.05) is 30.2 Å². The Balaban J connectivity index is 2.28. The van der Waals surface area contributed by atoms with Crippen LogP contribution in [-0.4, -0.2) is 17.6 Å². The highest BCUT2D eigenvalue weighted by molar-refractivity contribution is 7.11. The lowest BCUT2D eigenvalue weighted by atomic mass is 10.4. The third-order valence-electron chi connectivity index (χ3n) is 1.69. The first-order valence-electron chi connectivity index (χ1n) is 4.62. The van der Waals surface area contributed by atoms with E-state index >= 15 is 0 Å². The summed E-state index contributed by atoms with van der Waals surface area (Å²) >= 11 is 1.77. The minimum Gasteiger partial charge on any atom is -0.327 e. The van der Waals surface area contributed by atoms with Crippen molar-refractivity contribution in [1.82, 2.24) is 10.3 Å². The molecule has 1 rings (SSSR count). The standard InChI is InChI=1S/C9H17N3S/c1-3-8-5-12-9(13-8)6-11-4-7(2)10/h5,7,11H,3-4,6,10H2,1-2H3. The molecule has 3 nitrogen and oxygen atoms in total. The molecule has 0 saturated heterocycles. The third-order valence-corrected chi connectivity index (χ3v) is 2.83. The quantitative estimate of drug-likeness (QED) is 0.747. The highest BCUT2D eigenvalue weighted by Gasteiger charge is 2.00. The van der Waals surface area contributed by atoms with Gasteiger partial charge < -0.3 is 11.1 Å². The van der Waals surface area contributed by atoms with Crippen LogP contribution < -0.4 is 11.1 Å². The van der Waals surface area contributed by atoms with Crippen LogP contribution in [0.25, 0.3) is 0 Å². The summed E-state index contributed by atoms with van der Waals surface area (Å²) in [6, 6.07) is 0.214. The Bertz CT molecular complexity index is 245. The van der Waals surface area contributed by atoms with Gasteiger partial charge in [-0.1, -0.05) is 6.92 Å². The van der Waals surface area contributed by atoms with Gasteiger partial charge in [-0.25, -0.2) is 4.98 Å². The van der Waals surface area contributed by atoms with Crippen LogP contribution in [0.3, 0.4) is 0 Å². The maximum atomic E-state index is 5.61. The van der Waals surface area contributed by atoms with Crippen LogP contribution in [0, 0.1) is 0 Å². The van der Waals surface area contributed by atoms with Crippen molar-refractivity contribution in [1.29, 1.82) is 0 Å². The number of aryl methyl sites for hydroxylation is 1. The van der Waals surface area contributed by atoms with E-state index in [1.807, 2.05) is 13.1 Å². The summed E-state index contributed by atoms with van der Waals surface area (Å²) < 4.78 is 0. The van der Waals surface area contributed by atoms with Crippen molar-refractivity contribution >= 4 is 11.3 Å². The molecule has 74 valence electrons. The number of nitrogens with one attached hydrogen (secondary N) is 1. The van der Waals surface area contributed by atoms with E-state index < -0.39 is 0 Å². The number of aromatic nitrogens is 1. The van der Waals surface area contributed by atoms with Crippen LogP contribution in [0.2, 0.25) is 0 Å². The minimum absolute atomic E-state index is 0.214. The molecule has 0 aliphatic rings. The molecule has 0 aromatic carbocycles. The maximum Gasteiger partial charge on any atom is 0.107 e. The number of hydrogen-bond acceptors (Lipinski definition) is 4. The summed E-state index contributed by atoms with van der Waals surface area (Å²) in [6.45, 7) is 5.83. The van der Waals surface area contributed by atoms with E-state index in [1.54, 1.807) is 11.3 Å². The molecule has 0 aliphatic heterocycles. The second-order valence-corrected chi connectivity index (χ2v) is 4.38. The average molecular weight is 199 g/mol. The lowest BCUT2D eigenvalue weighted by Crippen LogP contribution is -2.30. The zero-order chi connectivity index (χ0) is 9.68. The number of thiazole rings is 1. The Morgan fingerprint density at radius 1 is 1.69 bits per heavy atom. The van der Waals surface area contributed by atoms with Crippen molar-refractivity contribution in [3.63, 3.8) is 0 Å². The molecule has 0 saturated carbocycles. The zero-order valence-electron chi connectivity index (χ0n) is 8.21. The fraction of sp³-hybridized carbons (Fsp3) is 0.667. The number of nitrogens with two attached hydrogens (primary N) is 1. The average Bonchev–Trinajstić information content (AvgIpc) is 2.52. The zero-order valence-corrected chi connectivity index (χ0v) is 9.03. The monoisotopic (exact) mass is 199 g/mol. The molecule has 1 aromatic heterocycles. The molecular weight excluding hydrogens is 182 g/mol. The van der Waals surface area contributed by atoms with Crippen molar-refractivity contribution in [2.75, 3.05) is 6.54 Å². The molecular formula is C9H17N3S. The first kappa shape index (κ1) is 10.6. The van der Waals surface area contributed by atoms with Crippen molar-refractivity contribution in [3.8, 4) is 0 Å². The van der Waals surface area contributed by atoms with Crippen molar-refractivity contribution in [3.05, 3.63) is 16.1 Å². The molecule has 1 unspecified atom stereocenters. The van der Waals surface area contributed by atoms with Crippen LogP contribution in [0.4, 0.5) is 0 Å². The lowest BCUT2D eigenvalue weighted by molar-refractivity contribution is 0.607.